The number of ether oxygens (including phenoxy) is 3. The molecule has 8 nitrogen and oxygen atoms in total. The van der Waals surface area contributed by atoms with E-state index in [-0.39, 0.29) is 35.7 Å². The van der Waals surface area contributed by atoms with Crippen LogP contribution in [-0.4, -0.2) is 53.5 Å². The number of alkyl halides is 3. The topological polar surface area (TPSA) is 96.6 Å². The highest BCUT2D eigenvalue weighted by Crippen LogP contribution is 2.35. The minimum Gasteiger partial charge on any atom is -0.497 e. The monoisotopic (exact) mass is 490 g/mol. The van der Waals surface area contributed by atoms with Gasteiger partial charge in [0.1, 0.15) is 30.5 Å². The quantitative estimate of drug-likeness (QED) is 0.458. The number of hydrazone groups is 1. The second-order valence-corrected chi connectivity index (χ2v) is 7.82. The van der Waals surface area contributed by atoms with Crippen molar-refractivity contribution in [1.82, 2.24) is 5.01 Å². The van der Waals surface area contributed by atoms with Gasteiger partial charge in [-0.2, -0.15) is 28.3 Å². The summed E-state index contributed by atoms with van der Waals surface area (Å²) in [5.41, 5.74) is 0.323. The van der Waals surface area contributed by atoms with Crippen molar-refractivity contribution >= 4 is 39.8 Å². The van der Waals surface area contributed by atoms with Crippen LogP contribution in [0.3, 0.4) is 0 Å². The maximum absolute atomic E-state index is 12.9. The van der Waals surface area contributed by atoms with Gasteiger partial charge in [-0.25, -0.2) is 0 Å². The molecule has 12 heteroatoms. The van der Waals surface area contributed by atoms with Gasteiger partial charge in [0.15, 0.2) is 5.84 Å². The first-order chi connectivity index (χ1) is 16.2. The number of thioether (sulfide) groups is 1. The lowest BCUT2D eigenvalue weighted by Crippen LogP contribution is -2.35. The SMILES string of the molecule is COc1ccc(OCCOc2cccc(C=C3C(=N)N4N=C(C(F)(F)F)SC4=NC3=O)c2)cc1. The molecule has 34 heavy (non-hydrogen) atoms. The summed E-state index contributed by atoms with van der Waals surface area (Å²) < 4.78 is 55.2. The average molecular weight is 490 g/mol. The molecule has 0 bridgehead atoms. The van der Waals surface area contributed by atoms with Crippen molar-refractivity contribution in [2.45, 2.75) is 6.18 Å². The summed E-state index contributed by atoms with van der Waals surface area (Å²) in [5, 5.41) is 10.8. The second kappa shape index (κ2) is 9.59. The summed E-state index contributed by atoms with van der Waals surface area (Å²) in [7, 11) is 1.58. The van der Waals surface area contributed by atoms with Crippen LogP contribution in [0.1, 0.15) is 5.56 Å². The Kier molecular flexibility index (Phi) is 6.59. The normalized spacial score (nSPS) is 16.8. The third-order valence-corrected chi connectivity index (χ3v) is 5.50. The summed E-state index contributed by atoms with van der Waals surface area (Å²) in [6.45, 7) is 0.527. The number of carbonyl (C=O) groups is 1. The molecule has 1 amide bonds. The molecule has 0 saturated carbocycles. The number of methoxy groups -OCH3 is 1. The van der Waals surface area contributed by atoms with Crippen molar-refractivity contribution < 1.29 is 32.2 Å². The number of nitrogens with zero attached hydrogens (tertiary/aromatic N) is 3. The highest BCUT2D eigenvalue weighted by Gasteiger charge is 2.46. The first-order valence-corrected chi connectivity index (χ1v) is 10.6. The number of halogens is 3. The van der Waals surface area contributed by atoms with Gasteiger partial charge in [0.05, 0.1) is 12.7 Å². The third kappa shape index (κ3) is 5.22. The fraction of sp³-hybridized carbons (Fsp3) is 0.182. The van der Waals surface area contributed by atoms with Gasteiger partial charge < -0.3 is 14.2 Å². The number of rotatable bonds is 7. The van der Waals surface area contributed by atoms with E-state index in [1.54, 1.807) is 55.6 Å². The lowest BCUT2D eigenvalue weighted by Gasteiger charge is -2.20. The fourth-order valence-corrected chi connectivity index (χ4v) is 3.72. The molecular weight excluding hydrogens is 473 g/mol. The lowest BCUT2D eigenvalue weighted by atomic mass is 10.1. The van der Waals surface area contributed by atoms with Crippen LogP contribution in [0.2, 0.25) is 0 Å². The molecule has 0 atom stereocenters. The minimum absolute atomic E-state index is 0.184. The van der Waals surface area contributed by atoms with Crippen molar-refractivity contribution in [3.8, 4) is 17.2 Å². The zero-order valence-corrected chi connectivity index (χ0v) is 18.4. The Morgan fingerprint density at radius 3 is 2.41 bits per heavy atom. The molecule has 0 aromatic heterocycles. The second-order valence-electron chi connectivity index (χ2n) is 6.87. The number of hydrogen-bond acceptors (Lipinski definition) is 7. The molecule has 2 heterocycles. The summed E-state index contributed by atoms with van der Waals surface area (Å²) in [5.74, 6) is 0.564. The number of hydrogen-bond donors (Lipinski definition) is 1. The van der Waals surface area contributed by atoms with Crippen molar-refractivity contribution in [3.05, 3.63) is 59.7 Å². The van der Waals surface area contributed by atoms with Crippen molar-refractivity contribution in [3.63, 3.8) is 0 Å². The zero-order chi connectivity index (χ0) is 24.3. The molecule has 1 N–H and O–H groups in total. The third-order valence-electron chi connectivity index (χ3n) is 4.55. The van der Waals surface area contributed by atoms with Crippen LogP contribution < -0.4 is 14.2 Å². The Hall–Kier alpha value is -3.80. The van der Waals surface area contributed by atoms with Crippen LogP contribution in [0.5, 0.6) is 17.2 Å². The van der Waals surface area contributed by atoms with Crippen LogP contribution in [0.25, 0.3) is 6.08 Å². The first kappa shape index (κ1) is 23.4. The summed E-state index contributed by atoms with van der Waals surface area (Å²) in [4.78, 5) is 16.0. The van der Waals surface area contributed by atoms with Crippen molar-refractivity contribution in [1.29, 1.82) is 5.41 Å². The van der Waals surface area contributed by atoms with E-state index >= 15 is 0 Å². The van der Waals surface area contributed by atoms with Gasteiger partial charge in [-0.1, -0.05) is 12.1 Å². The van der Waals surface area contributed by atoms with E-state index < -0.39 is 23.0 Å². The van der Waals surface area contributed by atoms with Gasteiger partial charge in [-0.3, -0.25) is 10.2 Å². The van der Waals surface area contributed by atoms with Gasteiger partial charge in [-0.15, -0.1) is 0 Å². The number of aliphatic imine (C=N–C) groups is 1. The lowest BCUT2D eigenvalue weighted by molar-refractivity contribution is -0.114. The summed E-state index contributed by atoms with van der Waals surface area (Å²) in [6, 6.07) is 13.8. The molecule has 4 rings (SSSR count). The molecule has 0 radical (unpaired) electrons. The number of nitrogens with one attached hydrogen (secondary N) is 1. The van der Waals surface area contributed by atoms with Crippen LogP contribution in [0.4, 0.5) is 13.2 Å². The number of amides is 1. The standard InChI is InChI=1S/C22H17F3N4O4S/c1-31-14-5-7-15(8-6-14)32-9-10-33-16-4-2-3-13(11-16)12-17-18(26)29-21(27-19(17)30)34-20(28-29)22(23,24)25/h2-8,11-12,26H,9-10H2,1H3. The number of carbonyl (C=O) groups excluding carboxylic acids is 1. The van der Waals surface area contributed by atoms with E-state index in [4.69, 9.17) is 19.6 Å². The molecule has 0 unspecified atom stereocenters. The highest BCUT2D eigenvalue weighted by molar-refractivity contribution is 8.27. The molecule has 0 fully saturated rings. The molecule has 0 spiro atoms. The van der Waals surface area contributed by atoms with Crippen LogP contribution in [0.15, 0.2) is 64.2 Å². The van der Waals surface area contributed by atoms with E-state index in [0.717, 1.165) is 5.75 Å². The van der Waals surface area contributed by atoms with Gasteiger partial charge in [0, 0.05) is 0 Å². The fourth-order valence-electron chi connectivity index (χ4n) is 2.96. The Balaban J connectivity index is 1.40. The van der Waals surface area contributed by atoms with E-state index in [0.29, 0.717) is 22.1 Å². The van der Waals surface area contributed by atoms with Gasteiger partial charge in [0.25, 0.3) is 5.91 Å². The molecule has 2 aliphatic rings. The van der Waals surface area contributed by atoms with Crippen LogP contribution in [-0.2, 0) is 4.79 Å². The maximum Gasteiger partial charge on any atom is 0.441 e. The number of fused-ring (bicyclic) bond motifs is 1. The van der Waals surface area contributed by atoms with Gasteiger partial charge in [-0.05, 0) is 59.8 Å². The molecule has 0 aliphatic carbocycles. The maximum atomic E-state index is 12.9. The molecule has 2 aromatic carbocycles. The zero-order valence-electron chi connectivity index (χ0n) is 17.6. The molecule has 0 saturated heterocycles. The molecule has 2 aromatic rings. The van der Waals surface area contributed by atoms with Crippen molar-refractivity contribution in [2.75, 3.05) is 20.3 Å². The smallest absolute Gasteiger partial charge is 0.441 e. The number of amidine groups is 2. The van der Waals surface area contributed by atoms with Crippen LogP contribution in [0, 0.1) is 5.41 Å². The van der Waals surface area contributed by atoms with E-state index in [9.17, 15) is 18.0 Å². The predicted molar refractivity (Wildman–Crippen MR) is 121 cm³/mol. The van der Waals surface area contributed by atoms with E-state index in [1.165, 1.54) is 6.08 Å². The largest absolute Gasteiger partial charge is 0.497 e. The predicted octanol–water partition coefficient (Wildman–Crippen LogP) is 4.33. The summed E-state index contributed by atoms with van der Waals surface area (Å²) >= 11 is 0.205. The van der Waals surface area contributed by atoms with Crippen molar-refractivity contribution in [2.24, 2.45) is 10.1 Å². The summed E-state index contributed by atoms with van der Waals surface area (Å²) in [6.07, 6.45) is -3.34. The molecule has 176 valence electrons. The van der Waals surface area contributed by atoms with E-state index in [1.807, 2.05) is 0 Å². The Labute approximate surface area is 196 Å². The van der Waals surface area contributed by atoms with Crippen LogP contribution >= 0.6 is 11.8 Å². The average Bonchev–Trinajstić information content (AvgIpc) is 3.25. The Morgan fingerprint density at radius 2 is 1.74 bits per heavy atom. The minimum atomic E-state index is -4.69. The molecule has 2 aliphatic heterocycles. The first-order valence-electron chi connectivity index (χ1n) is 9.82. The number of benzene rings is 2. The Bertz CT molecular complexity index is 1210. The Morgan fingerprint density at radius 1 is 1.06 bits per heavy atom. The van der Waals surface area contributed by atoms with Gasteiger partial charge in [0.2, 0.25) is 10.2 Å². The highest BCUT2D eigenvalue weighted by atomic mass is 32.2. The van der Waals surface area contributed by atoms with E-state index in [2.05, 4.69) is 10.1 Å². The van der Waals surface area contributed by atoms with Gasteiger partial charge >= 0.3 is 6.18 Å². The molecular formula is C22H17F3N4O4S.